The van der Waals surface area contributed by atoms with Gasteiger partial charge in [0.2, 0.25) is 5.91 Å². The van der Waals surface area contributed by atoms with Crippen molar-refractivity contribution < 1.29 is 22.8 Å². The van der Waals surface area contributed by atoms with E-state index in [0.29, 0.717) is 26.2 Å². The normalized spacial score (nSPS) is 16.2. The summed E-state index contributed by atoms with van der Waals surface area (Å²) in [5, 5.41) is 1.60. The molecule has 1 aliphatic rings. The summed E-state index contributed by atoms with van der Waals surface area (Å²) in [4.78, 5) is 26.2. The Morgan fingerprint density at radius 2 is 1.72 bits per heavy atom. The molecule has 0 atom stereocenters. The molecule has 1 aromatic carbocycles. The molecule has 1 heterocycles. The molecule has 0 saturated carbocycles. The Morgan fingerprint density at radius 3 is 2.32 bits per heavy atom. The van der Waals surface area contributed by atoms with Crippen LogP contribution >= 0.6 is 0 Å². The Labute approximate surface area is 144 Å². The van der Waals surface area contributed by atoms with Gasteiger partial charge < -0.3 is 10.2 Å². The fraction of sp³-hybridized carbons (Fsp3) is 0.412. The van der Waals surface area contributed by atoms with Gasteiger partial charge in [-0.1, -0.05) is 42.5 Å². The minimum atomic E-state index is -4.97. The molecule has 1 N–H and O–H groups in total. The van der Waals surface area contributed by atoms with E-state index >= 15 is 0 Å². The number of rotatable bonds is 5. The zero-order valence-corrected chi connectivity index (χ0v) is 13.6. The van der Waals surface area contributed by atoms with Gasteiger partial charge in [0, 0.05) is 32.7 Å². The topological polar surface area (TPSA) is 52.7 Å². The lowest BCUT2D eigenvalue weighted by Gasteiger charge is -2.34. The van der Waals surface area contributed by atoms with Gasteiger partial charge in [0.25, 0.3) is 0 Å². The minimum Gasteiger partial charge on any atom is -0.339 e. The monoisotopic (exact) mass is 355 g/mol. The van der Waals surface area contributed by atoms with Crippen LogP contribution < -0.4 is 5.32 Å². The van der Waals surface area contributed by atoms with Crippen LogP contribution in [0.15, 0.2) is 36.4 Å². The number of piperazine rings is 1. The first-order valence-electron chi connectivity index (χ1n) is 7.93. The zero-order valence-electron chi connectivity index (χ0n) is 13.6. The van der Waals surface area contributed by atoms with Crippen LogP contribution in [0, 0.1) is 0 Å². The Kier molecular flexibility index (Phi) is 6.58. The maximum atomic E-state index is 12.1. The number of halogens is 3. The molecule has 2 rings (SSSR count). The molecular formula is C17H20F3N3O2. The molecule has 0 bridgehead atoms. The summed E-state index contributed by atoms with van der Waals surface area (Å²) in [6.45, 7) is 2.24. The number of nitrogens with zero attached hydrogens (tertiary/aromatic N) is 2. The molecular weight excluding hydrogens is 335 g/mol. The summed E-state index contributed by atoms with van der Waals surface area (Å²) in [6, 6.07) is 9.87. The third-order valence-corrected chi connectivity index (χ3v) is 3.86. The predicted molar refractivity (Wildman–Crippen MR) is 87.6 cm³/mol. The van der Waals surface area contributed by atoms with Crippen LogP contribution in [0.3, 0.4) is 0 Å². The van der Waals surface area contributed by atoms with Crippen LogP contribution in [0.25, 0.3) is 6.08 Å². The number of amides is 2. The quantitative estimate of drug-likeness (QED) is 0.871. The fourth-order valence-electron chi connectivity index (χ4n) is 2.45. The van der Waals surface area contributed by atoms with Crippen LogP contribution in [0.5, 0.6) is 0 Å². The van der Waals surface area contributed by atoms with Gasteiger partial charge in [-0.3, -0.25) is 14.5 Å². The number of benzene rings is 1. The highest BCUT2D eigenvalue weighted by Crippen LogP contribution is 2.14. The van der Waals surface area contributed by atoms with E-state index in [1.54, 1.807) is 5.32 Å². The first-order chi connectivity index (χ1) is 11.9. The Morgan fingerprint density at radius 1 is 1.08 bits per heavy atom. The lowest BCUT2D eigenvalue weighted by Crippen LogP contribution is -2.52. The predicted octanol–water partition coefficient (Wildman–Crippen LogP) is 1.52. The van der Waals surface area contributed by atoms with Gasteiger partial charge in [-0.05, 0) is 5.56 Å². The highest BCUT2D eigenvalue weighted by Gasteiger charge is 2.38. The smallest absolute Gasteiger partial charge is 0.339 e. The van der Waals surface area contributed by atoms with Gasteiger partial charge in [0.1, 0.15) is 0 Å². The standard InChI is InChI=1S/C17H20F3N3O2/c18-17(19,20)16(25)21-13-15(24)23-11-9-22(10-12-23)8-4-7-14-5-2-1-3-6-14/h1-7H,8-13H2,(H,21,25)/b7-4+. The molecule has 8 heteroatoms. The number of alkyl halides is 3. The van der Waals surface area contributed by atoms with E-state index in [4.69, 9.17) is 0 Å². The van der Waals surface area contributed by atoms with Crippen LogP contribution in [-0.4, -0.2) is 67.1 Å². The van der Waals surface area contributed by atoms with E-state index in [2.05, 4.69) is 4.90 Å². The fourth-order valence-corrected chi connectivity index (χ4v) is 2.45. The van der Waals surface area contributed by atoms with Crippen molar-refractivity contribution in [1.82, 2.24) is 15.1 Å². The first-order valence-corrected chi connectivity index (χ1v) is 7.93. The maximum Gasteiger partial charge on any atom is 0.471 e. The molecule has 1 saturated heterocycles. The molecule has 0 aromatic heterocycles. The number of hydrogen-bond acceptors (Lipinski definition) is 3. The Balaban J connectivity index is 1.69. The highest BCUT2D eigenvalue weighted by molar-refractivity contribution is 5.87. The number of nitrogens with one attached hydrogen (secondary N) is 1. The third-order valence-electron chi connectivity index (χ3n) is 3.86. The summed E-state index contributed by atoms with van der Waals surface area (Å²) in [6.07, 6.45) is -0.912. The van der Waals surface area contributed by atoms with Crippen LogP contribution in [0.2, 0.25) is 0 Å². The largest absolute Gasteiger partial charge is 0.471 e. The van der Waals surface area contributed by atoms with Crippen LogP contribution in [0.4, 0.5) is 13.2 Å². The summed E-state index contributed by atoms with van der Waals surface area (Å²) in [5.41, 5.74) is 1.11. The van der Waals surface area contributed by atoms with Crippen molar-refractivity contribution >= 4 is 17.9 Å². The highest BCUT2D eigenvalue weighted by atomic mass is 19.4. The second-order valence-corrected chi connectivity index (χ2v) is 5.67. The van der Waals surface area contributed by atoms with Crippen molar-refractivity contribution in [1.29, 1.82) is 0 Å². The van der Waals surface area contributed by atoms with Crippen LogP contribution in [0.1, 0.15) is 5.56 Å². The SMILES string of the molecule is O=C(CNC(=O)C(F)(F)F)N1CCN(C/C=C/c2ccccc2)CC1. The summed E-state index contributed by atoms with van der Waals surface area (Å²) < 4.78 is 36.3. The lowest BCUT2D eigenvalue weighted by atomic mass is 10.2. The van der Waals surface area contributed by atoms with Crippen molar-refractivity contribution in [3.05, 3.63) is 42.0 Å². The second kappa shape index (κ2) is 8.66. The number of carbonyl (C=O) groups is 2. The summed E-state index contributed by atoms with van der Waals surface area (Å²) in [7, 11) is 0. The molecule has 1 aromatic rings. The van der Waals surface area contributed by atoms with Gasteiger partial charge in [-0.15, -0.1) is 0 Å². The Hall–Kier alpha value is -2.35. The average Bonchev–Trinajstić information content (AvgIpc) is 2.60. The van der Waals surface area contributed by atoms with E-state index in [-0.39, 0.29) is 0 Å². The Bertz CT molecular complexity index is 609. The molecule has 1 fully saturated rings. The molecule has 0 spiro atoms. The molecule has 136 valence electrons. The van der Waals surface area contributed by atoms with Gasteiger partial charge in [0.05, 0.1) is 6.54 Å². The molecule has 5 nitrogen and oxygen atoms in total. The van der Waals surface area contributed by atoms with Gasteiger partial charge >= 0.3 is 12.1 Å². The van der Waals surface area contributed by atoms with Gasteiger partial charge in [0.15, 0.2) is 0 Å². The van der Waals surface area contributed by atoms with E-state index < -0.39 is 24.5 Å². The minimum absolute atomic E-state index is 0.430. The summed E-state index contributed by atoms with van der Waals surface area (Å²) >= 11 is 0. The van der Waals surface area contributed by atoms with Crippen molar-refractivity contribution in [3.63, 3.8) is 0 Å². The molecule has 0 radical (unpaired) electrons. The lowest BCUT2D eigenvalue weighted by molar-refractivity contribution is -0.174. The van der Waals surface area contributed by atoms with Gasteiger partial charge in [-0.25, -0.2) is 0 Å². The van der Waals surface area contributed by atoms with Crippen molar-refractivity contribution in [3.8, 4) is 0 Å². The maximum absolute atomic E-state index is 12.1. The summed E-state index contributed by atoms with van der Waals surface area (Å²) in [5.74, 6) is -2.59. The third kappa shape index (κ3) is 6.22. The molecule has 2 amide bonds. The zero-order chi connectivity index (χ0) is 18.3. The van der Waals surface area contributed by atoms with E-state index in [0.717, 1.165) is 12.1 Å². The van der Waals surface area contributed by atoms with Crippen molar-refractivity contribution in [2.45, 2.75) is 6.18 Å². The molecule has 25 heavy (non-hydrogen) atoms. The van der Waals surface area contributed by atoms with Gasteiger partial charge in [-0.2, -0.15) is 13.2 Å². The van der Waals surface area contributed by atoms with E-state index in [9.17, 15) is 22.8 Å². The van der Waals surface area contributed by atoms with E-state index in [1.165, 1.54) is 4.90 Å². The van der Waals surface area contributed by atoms with Crippen molar-refractivity contribution in [2.75, 3.05) is 39.3 Å². The molecule has 1 aliphatic heterocycles. The first kappa shape index (κ1) is 19.0. The average molecular weight is 355 g/mol. The van der Waals surface area contributed by atoms with Crippen LogP contribution in [-0.2, 0) is 9.59 Å². The molecule has 0 unspecified atom stereocenters. The second-order valence-electron chi connectivity index (χ2n) is 5.67. The molecule has 0 aliphatic carbocycles. The van der Waals surface area contributed by atoms with E-state index in [1.807, 2.05) is 42.5 Å². The number of carbonyl (C=O) groups excluding carboxylic acids is 2. The van der Waals surface area contributed by atoms with Crippen molar-refractivity contribution in [2.24, 2.45) is 0 Å². The number of hydrogen-bond donors (Lipinski definition) is 1.